The number of aryl methyl sites for hydroxylation is 1. The molecule has 0 nitrogen and oxygen atoms in total. The van der Waals surface area contributed by atoms with Crippen molar-refractivity contribution in [3.63, 3.8) is 0 Å². The Morgan fingerprint density at radius 2 is 2.22 bits per heavy atom. The number of hydrogen-bond acceptors (Lipinski definition) is 0. The summed E-state index contributed by atoms with van der Waals surface area (Å²) in [5.41, 5.74) is 1.29. The molecule has 50 valence electrons. The molecular weight excluding hydrogens is 253 g/mol. The molecular formula is C5H6Cl2PZr-. The van der Waals surface area contributed by atoms with Crippen molar-refractivity contribution in [3.8, 4) is 0 Å². The Balaban J connectivity index is 0.000000187. The zero-order valence-corrected chi connectivity index (χ0v) is 9.88. The van der Waals surface area contributed by atoms with E-state index in [0.717, 1.165) is 8.19 Å². The molecule has 1 heterocycles. The summed E-state index contributed by atoms with van der Waals surface area (Å²) < 4.78 is 0. The van der Waals surface area contributed by atoms with Gasteiger partial charge in [0.05, 0.1) is 0 Å². The second kappa shape index (κ2) is 7.35. The maximum atomic E-state index is 4.93. The molecule has 0 amide bonds. The van der Waals surface area contributed by atoms with Crippen LogP contribution in [0.3, 0.4) is 0 Å². The average molecular weight is 259 g/mol. The Bertz CT molecular complexity index is 130. The van der Waals surface area contributed by atoms with E-state index in [1.165, 1.54) is 5.56 Å². The van der Waals surface area contributed by atoms with E-state index >= 15 is 0 Å². The van der Waals surface area contributed by atoms with Crippen molar-refractivity contribution in [1.82, 2.24) is 0 Å². The van der Waals surface area contributed by atoms with Crippen LogP contribution in [-0.2, 0) is 20.8 Å². The molecule has 0 aliphatic rings. The van der Waals surface area contributed by atoms with Gasteiger partial charge in [-0.2, -0.15) is 17.2 Å². The molecule has 1 atom stereocenters. The third-order valence-electron chi connectivity index (χ3n) is 0.686. The van der Waals surface area contributed by atoms with Crippen molar-refractivity contribution in [3.05, 3.63) is 23.2 Å². The SMILES string of the molecule is Cc1[c-][pH]cc1.[Cl][Zr][Cl]. The van der Waals surface area contributed by atoms with Crippen molar-refractivity contribution in [2.45, 2.75) is 6.92 Å². The van der Waals surface area contributed by atoms with Crippen molar-refractivity contribution in [2.75, 3.05) is 0 Å². The fraction of sp³-hybridized carbons (Fsp3) is 0.200. The first-order valence-electron chi connectivity index (χ1n) is 2.29. The minimum absolute atomic E-state index is 0.821. The molecule has 0 aliphatic heterocycles. The van der Waals surface area contributed by atoms with Crippen molar-refractivity contribution >= 4 is 25.2 Å². The Morgan fingerprint density at radius 3 is 2.33 bits per heavy atom. The van der Waals surface area contributed by atoms with E-state index in [1.54, 1.807) is 0 Å². The minimum atomic E-state index is -0.826. The van der Waals surface area contributed by atoms with Gasteiger partial charge < -0.3 is 0 Å². The van der Waals surface area contributed by atoms with Gasteiger partial charge in [-0.05, 0) is 0 Å². The van der Waals surface area contributed by atoms with Gasteiger partial charge >= 0.3 is 37.9 Å². The van der Waals surface area contributed by atoms with Gasteiger partial charge in [0.1, 0.15) is 0 Å². The van der Waals surface area contributed by atoms with E-state index < -0.39 is 20.8 Å². The molecule has 1 unspecified atom stereocenters. The molecule has 0 N–H and O–H groups in total. The third kappa shape index (κ3) is 7.14. The molecule has 1 aromatic rings. The van der Waals surface area contributed by atoms with Gasteiger partial charge in [-0.1, -0.05) is 6.92 Å². The van der Waals surface area contributed by atoms with Gasteiger partial charge in [-0.3, -0.25) is 8.19 Å². The molecule has 0 saturated heterocycles. The second-order valence-electron chi connectivity index (χ2n) is 1.36. The predicted molar refractivity (Wildman–Crippen MR) is 41.2 cm³/mol. The van der Waals surface area contributed by atoms with Gasteiger partial charge in [-0.15, -0.1) is 0 Å². The first-order valence-corrected chi connectivity index (χ1v) is 9.70. The molecule has 0 aromatic carbocycles. The van der Waals surface area contributed by atoms with Crippen LogP contribution in [0.4, 0.5) is 0 Å². The van der Waals surface area contributed by atoms with Crippen LogP contribution in [0.5, 0.6) is 0 Å². The van der Waals surface area contributed by atoms with Gasteiger partial charge in [0.15, 0.2) is 0 Å². The van der Waals surface area contributed by atoms with E-state index in [9.17, 15) is 0 Å². The van der Waals surface area contributed by atoms with Gasteiger partial charge in [0.2, 0.25) is 0 Å². The summed E-state index contributed by atoms with van der Waals surface area (Å²) in [5, 5.41) is 0. The predicted octanol–water partition coefficient (Wildman–Crippen LogP) is 3.20. The first kappa shape index (κ1) is 10.2. The quantitative estimate of drug-likeness (QED) is 0.628. The van der Waals surface area contributed by atoms with Crippen molar-refractivity contribution in [1.29, 1.82) is 0 Å². The monoisotopic (exact) mass is 257 g/mol. The van der Waals surface area contributed by atoms with Crippen molar-refractivity contribution < 1.29 is 20.8 Å². The van der Waals surface area contributed by atoms with Crippen LogP contribution in [-0.4, -0.2) is 0 Å². The van der Waals surface area contributed by atoms with Gasteiger partial charge in [-0.25, -0.2) is 6.07 Å². The van der Waals surface area contributed by atoms with E-state index in [-0.39, 0.29) is 0 Å². The topological polar surface area (TPSA) is 0 Å². The Morgan fingerprint density at radius 1 is 1.67 bits per heavy atom. The van der Waals surface area contributed by atoms with Crippen LogP contribution in [0.25, 0.3) is 0 Å². The number of halogens is 2. The molecule has 0 bridgehead atoms. The van der Waals surface area contributed by atoms with E-state index in [2.05, 4.69) is 24.6 Å². The van der Waals surface area contributed by atoms with Gasteiger partial charge in [0.25, 0.3) is 0 Å². The fourth-order valence-corrected chi connectivity index (χ4v) is 1.09. The van der Waals surface area contributed by atoms with E-state index in [0.29, 0.717) is 0 Å². The first-order chi connectivity index (χ1) is 4.31. The Hall–Kier alpha value is 1.24. The fourth-order valence-electron chi connectivity index (χ4n) is 0.364. The van der Waals surface area contributed by atoms with Gasteiger partial charge in [0, 0.05) is 0 Å². The summed E-state index contributed by atoms with van der Waals surface area (Å²) in [4.78, 5) is 0. The number of hydrogen-bond donors (Lipinski definition) is 0. The zero-order valence-electron chi connectivity index (χ0n) is 4.91. The van der Waals surface area contributed by atoms with Crippen LogP contribution in [0.15, 0.2) is 11.9 Å². The molecule has 0 spiro atoms. The molecule has 4 heteroatoms. The summed E-state index contributed by atoms with van der Waals surface area (Å²) in [7, 11) is 10.7. The zero-order chi connectivity index (χ0) is 7.11. The maximum absolute atomic E-state index is 4.93. The standard InChI is InChI=1S/C5H6P.2ClH.Zr/c1-5-2-3-6-4-5;;;/h2-3,6H,1H3;2*1H;/q-1;;;+2/p-2. The van der Waals surface area contributed by atoms with E-state index in [4.69, 9.17) is 17.0 Å². The molecule has 0 fully saturated rings. The summed E-state index contributed by atoms with van der Waals surface area (Å²) in [5.74, 6) is 5.29. The molecule has 1 rings (SSSR count). The van der Waals surface area contributed by atoms with Crippen LogP contribution in [0, 0.1) is 12.7 Å². The second-order valence-corrected chi connectivity index (χ2v) is 5.96. The number of rotatable bonds is 0. The van der Waals surface area contributed by atoms with Crippen LogP contribution in [0.2, 0.25) is 0 Å². The normalized spacial score (nSPS) is 8.33. The summed E-state index contributed by atoms with van der Waals surface area (Å²) in [6.45, 7) is 2.07. The molecule has 9 heavy (non-hydrogen) atoms. The summed E-state index contributed by atoms with van der Waals surface area (Å²) >= 11 is -0.826. The summed E-state index contributed by atoms with van der Waals surface area (Å²) in [6, 6.07) is 2.10. The summed E-state index contributed by atoms with van der Waals surface area (Å²) in [6.07, 6.45) is 0. The third-order valence-corrected chi connectivity index (χ3v) is 1.56. The Kier molecular flexibility index (Phi) is 8.37. The Labute approximate surface area is 75.7 Å². The average Bonchev–Trinajstić information content (AvgIpc) is 2.20. The molecule has 0 aliphatic carbocycles. The molecule has 0 saturated carbocycles. The molecule has 1 aromatic heterocycles. The van der Waals surface area contributed by atoms with Crippen LogP contribution >= 0.6 is 25.2 Å². The molecule has 0 radical (unpaired) electrons. The van der Waals surface area contributed by atoms with Crippen molar-refractivity contribution in [2.24, 2.45) is 0 Å². The van der Waals surface area contributed by atoms with Crippen LogP contribution in [0.1, 0.15) is 5.56 Å². The van der Waals surface area contributed by atoms with E-state index in [1.807, 2.05) is 0 Å². The van der Waals surface area contributed by atoms with Crippen LogP contribution < -0.4 is 0 Å².